The topological polar surface area (TPSA) is 24.9 Å². The molecule has 1 aliphatic heterocycles. The zero-order valence-corrected chi connectivity index (χ0v) is 21.7. The Morgan fingerprint density at radius 3 is 1.94 bits per heavy atom. The Balaban J connectivity index is 0.00000204. The fraction of sp³-hybridized carbons (Fsp3) is 0.357. The van der Waals surface area contributed by atoms with Crippen LogP contribution < -0.4 is 9.47 Å². The van der Waals surface area contributed by atoms with Gasteiger partial charge in [-0.2, -0.15) is 0 Å². The number of nitrogens with zero attached hydrogens (tertiary/aromatic N) is 2. The number of halogens is 2. The predicted molar refractivity (Wildman–Crippen MR) is 145 cm³/mol. The molecule has 1 aliphatic rings. The van der Waals surface area contributed by atoms with E-state index in [0.29, 0.717) is 6.04 Å². The summed E-state index contributed by atoms with van der Waals surface area (Å²) in [4.78, 5) is 5.24. The first kappa shape index (κ1) is 28.0. The van der Waals surface area contributed by atoms with Gasteiger partial charge in [-0.15, -0.1) is 24.8 Å². The smallest absolute Gasteiger partial charge is 0.160 e. The second kappa shape index (κ2) is 14.2. The minimum Gasteiger partial charge on any atom is -0.493 e. The molecule has 0 N–H and O–H groups in total. The van der Waals surface area contributed by atoms with Crippen molar-refractivity contribution in [1.29, 1.82) is 0 Å². The minimum absolute atomic E-state index is 0. The average Bonchev–Trinajstić information content (AvgIpc) is 2.87. The zero-order chi connectivity index (χ0) is 22.2. The first-order valence-electron chi connectivity index (χ1n) is 11.5. The lowest BCUT2D eigenvalue weighted by atomic mass is 9.96. The van der Waals surface area contributed by atoms with Crippen LogP contribution in [0.3, 0.4) is 0 Å². The van der Waals surface area contributed by atoms with Crippen LogP contribution in [0.15, 0.2) is 78.9 Å². The molecule has 1 fully saturated rings. The van der Waals surface area contributed by atoms with E-state index in [1.165, 1.54) is 16.7 Å². The Morgan fingerprint density at radius 2 is 1.32 bits per heavy atom. The van der Waals surface area contributed by atoms with Gasteiger partial charge >= 0.3 is 0 Å². The van der Waals surface area contributed by atoms with Crippen LogP contribution in [0, 0.1) is 0 Å². The SMILES string of the molecule is COc1ccc(CCN2CCN([C@H](Cc3ccccc3)c3ccccc3)CC2)cc1OC.Cl.Cl. The van der Waals surface area contributed by atoms with E-state index in [9.17, 15) is 0 Å². The summed E-state index contributed by atoms with van der Waals surface area (Å²) >= 11 is 0. The van der Waals surface area contributed by atoms with E-state index >= 15 is 0 Å². The molecule has 0 radical (unpaired) electrons. The molecule has 3 aromatic rings. The normalized spacial score (nSPS) is 15.0. The van der Waals surface area contributed by atoms with Gasteiger partial charge in [-0.05, 0) is 41.7 Å². The number of rotatable bonds is 9. The van der Waals surface area contributed by atoms with Gasteiger partial charge in [0, 0.05) is 38.8 Å². The lowest BCUT2D eigenvalue weighted by Crippen LogP contribution is -2.48. The lowest BCUT2D eigenvalue weighted by molar-refractivity contribution is 0.0961. The van der Waals surface area contributed by atoms with Gasteiger partial charge in [-0.25, -0.2) is 0 Å². The number of benzene rings is 3. The molecular formula is C28H36Cl2N2O2. The number of piperazine rings is 1. The van der Waals surface area contributed by atoms with E-state index in [0.717, 1.165) is 57.1 Å². The second-order valence-corrected chi connectivity index (χ2v) is 8.43. The van der Waals surface area contributed by atoms with Crippen molar-refractivity contribution in [2.75, 3.05) is 46.9 Å². The molecule has 184 valence electrons. The molecule has 34 heavy (non-hydrogen) atoms. The monoisotopic (exact) mass is 502 g/mol. The first-order valence-corrected chi connectivity index (χ1v) is 11.5. The summed E-state index contributed by atoms with van der Waals surface area (Å²) in [5.41, 5.74) is 4.10. The zero-order valence-electron chi connectivity index (χ0n) is 20.1. The summed E-state index contributed by atoms with van der Waals surface area (Å²) in [7, 11) is 3.37. The van der Waals surface area contributed by atoms with Gasteiger partial charge in [0.25, 0.3) is 0 Å². The van der Waals surface area contributed by atoms with Crippen molar-refractivity contribution in [1.82, 2.24) is 9.80 Å². The highest BCUT2D eigenvalue weighted by atomic mass is 35.5. The van der Waals surface area contributed by atoms with E-state index in [-0.39, 0.29) is 24.8 Å². The number of hydrogen-bond donors (Lipinski definition) is 0. The van der Waals surface area contributed by atoms with Gasteiger partial charge in [-0.3, -0.25) is 4.90 Å². The fourth-order valence-electron chi connectivity index (χ4n) is 4.59. The highest BCUT2D eigenvalue weighted by Crippen LogP contribution is 2.28. The van der Waals surface area contributed by atoms with Crippen molar-refractivity contribution in [2.45, 2.75) is 18.9 Å². The van der Waals surface area contributed by atoms with Crippen molar-refractivity contribution >= 4 is 24.8 Å². The molecule has 0 spiro atoms. The van der Waals surface area contributed by atoms with Gasteiger partial charge in [0.2, 0.25) is 0 Å². The molecule has 1 heterocycles. The van der Waals surface area contributed by atoms with Crippen molar-refractivity contribution in [3.8, 4) is 11.5 Å². The molecule has 4 rings (SSSR count). The van der Waals surface area contributed by atoms with Crippen LogP contribution in [0.25, 0.3) is 0 Å². The third-order valence-electron chi connectivity index (χ3n) is 6.47. The molecule has 6 heteroatoms. The highest BCUT2D eigenvalue weighted by molar-refractivity contribution is 5.85. The molecule has 0 amide bonds. The molecule has 0 bridgehead atoms. The summed E-state index contributed by atoms with van der Waals surface area (Å²) in [6.45, 7) is 5.46. The van der Waals surface area contributed by atoms with Crippen LogP contribution in [0.2, 0.25) is 0 Å². The molecule has 4 nitrogen and oxygen atoms in total. The summed E-state index contributed by atoms with van der Waals surface area (Å²) in [6, 6.07) is 28.5. The van der Waals surface area contributed by atoms with Crippen LogP contribution in [0.4, 0.5) is 0 Å². The van der Waals surface area contributed by atoms with Crippen molar-refractivity contribution < 1.29 is 9.47 Å². The molecule has 0 saturated carbocycles. The van der Waals surface area contributed by atoms with Gasteiger partial charge in [0.05, 0.1) is 14.2 Å². The highest BCUT2D eigenvalue weighted by Gasteiger charge is 2.25. The quantitative estimate of drug-likeness (QED) is 0.375. The molecular weight excluding hydrogens is 467 g/mol. The summed E-state index contributed by atoms with van der Waals surface area (Å²) in [5.74, 6) is 1.59. The molecule has 3 aromatic carbocycles. The van der Waals surface area contributed by atoms with Gasteiger partial charge in [0.1, 0.15) is 0 Å². The van der Waals surface area contributed by atoms with Crippen molar-refractivity contribution in [2.24, 2.45) is 0 Å². The number of methoxy groups -OCH3 is 2. The Labute approximate surface area is 216 Å². The molecule has 0 aliphatic carbocycles. The van der Waals surface area contributed by atoms with Crippen molar-refractivity contribution in [3.63, 3.8) is 0 Å². The molecule has 1 saturated heterocycles. The summed E-state index contributed by atoms with van der Waals surface area (Å²) in [5, 5.41) is 0. The van der Waals surface area contributed by atoms with Gasteiger partial charge < -0.3 is 14.4 Å². The van der Waals surface area contributed by atoms with E-state index in [4.69, 9.17) is 9.47 Å². The van der Waals surface area contributed by atoms with E-state index in [1.807, 2.05) is 6.07 Å². The fourth-order valence-corrected chi connectivity index (χ4v) is 4.59. The minimum atomic E-state index is 0. The van der Waals surface area contributed by atoms with Crippen LogP contribution in [0.5, 0.6) is 11.5 Å². The summed E-state index contributed by atoms with van der Waals surface area (Å²) < 4.78 is 10.8. The Morgan fingerprint density at radius 1 is 0.706 bits per heavy atom. The van der Waals surface area contributed by atoms with E-state index in [2.05, 4.69) is 82.6 Å². The number of hydrogen-bond acceptors (Lipinski definition) is 4. The molecule has 0 unspecified atom stereocenters. The van der Waals surface area contributed by atoms with E-state index in [1.54, 1.807) is 14.2 Å². The standard InChI is InChI=1S/C28H34N2O2.2ClH/c1-31-27-14-13-24(22-28(27)32-2)15-16-29-17-19-30(20-18-29)26(25-11-7-4-8-12-25)21-23-9-5-3-6-10-23;;/h3-14,22,26H,15-21H2,1-2H3;2*1H/t26-;;/m1../s1. The van der Waals surface area contributed by atoms with Crippen LogP contribution in [-0.2, 0) is 12.8 Å². The second-order valence-electron chi connectivity index (χ2n) is 8.43. The maximum absolute atomic E-state index is 5.45. The summed E-state index contributed by atoms with van der Waals surface area (Å²) in [6.07, 6.45) is 2.07. The maximum atomic E-state index is 5.45. The average molecular weight is 504 g/mol. The third-order valence-corrected chi connectivity index (χ3v) is 6.47. The molecule has 1 atom stereocenters. The first-order chi connectivity index (χ1) is 15.8. The maximum Gasteiger partial charge on any atom is 0.160 e. The Kier molecular flexibility index (Phi) is 11.7. The third kappa shape index (κ3) is 7.38. The lowest BCUT2D eigenvalue weighted by Gasteiger charge is -2.39. The van der Waals surface area contributed by atoms with Gasteiger partial charge in [0.15, 0.2) is 11.5 Å². The van der Waals surface area contributed by atoms with Crippen LogP contribution in [-0.4, -0.2) is 56.7 Å². The van der Waals surface area contributed by atoms with Crippen molar-refractivity contribution in [3.05, 3.63) is 95.6 Å². The van der Waals surface area contributed by atoms with Crippen LogP contribution in [0.1, 0.15) is 22.7 Å². The predicted octanol–water partition coefficient (Wildman–Crippen LogP) is 5.69. The largest absolute Gasteiger partial charge is 0.493 e. The van der Waals surface area contributed by atoms with Gasteiger partial charge in [-0.1, -0.05) is 66.7 Å². The number of ether oxygens (including phenoxy) is 2. The Hall–Kier alpha value is -2.24. The van der Waals surface area contributed by atoms with Crippen LogP contribution >= 0.6 is 24.8 Å². The Bertz CT molecular complexity index is 965. The van der Waals surface area contributed by atoms with E-state index < -0.39 is 0 Å². The molecule has 0 aromatic heterocycles.